The fraction of sp³-hybridized carbons (Fsp3) is 0.400. The predicted molar refractivity (Wildman–Crippen MR) is 83.9 cm³/mol. The number of aromatic nitrogens is 3. The normalized spacial score (nSPS) is 21.1. The van der Waals surface area contributed by atoms with Gasteiger partial charge >= 0.3 is 0 Å². The first-order valence-electron chi connectivity index (χ1n) is 7.15. The van der Waals surface area contributed by atoms with Gasteiger partial charge < -0.3 is 4.90 Å². The first-order valence-corrected chi connectivity index (χ1v) is 8.09. The number of fused-ring (bicyclic) bond motifs is 1. The third kappa shape index (κ3) is 2.14. The highest BCUT2D eigenvalue weighted by atomic mass is 32.2. The van der Waals surface area contributed by atoms with Crippen LogP contribution in [0.15, 0.2) is 23.7 Å². The molecule has 1 unspecified atom stereocenters. The first-order chi connectivity index (χ1) is 10.3. The average Bonchev–Trinajstić information content (AvgIpc) is 3.05. The van der Waals surface area contributed by atoms with Crippen molar-refractivity contribution in [2.75, 3.05) is 11.9 Å². The van der Waals surface area contributed by atoms with Crippen molar-refractivity contribution in [3.05, 3.63) is 35.0 Å². The SMILES string of the molecule is CN(c1cc(C2CC=CS2)nc2c(C=O)cnn12)C1CC1. The number of rotatable bonds is 4. The Bertz CT molecular complexity index is 727. The maximum Gasteiger partial charge on any atom is 0.168 e. The minimum atomic E-state index is 0.343. The molecule has 6 heteroatoms. The maximum atomic E-state index is 11.2. The molecule has 1 saturated carbocycles. The van der Waals surface area contributed by atoms with Gasteiger partial charge in [-0.25, -0.2) is 4.98 Å². The summed E-state index contributed by atoms with van der Waals surface area (Å²) < 4.78 is 1.79. The van der Waals surface area contributed by atoms with Crippen LogP contribution in [0, 0.1) is 0 Å². The van der Waals surface area contributed by atoms with Crippen molar-refractivity contribution in [1.82, 2.24) is 14.6 Å². The summed E-state index contributed by atoms with van der Waals surface area (Å²) in [5.74, 6) is 1.03. The second-order valence-corrected chi connectivity index (χ2v) is 6.68. The molecule has 0 amide bonds. The van der Waals surface area contributed by atoms with E-state index in [1.165, 1.54) is 12.8 Å². The van der Waals surface area contributed by atoms with Gasteiger partial charge in [0.25, 0.3) is 0 Å². The van der Waals surface area contributed by atoms with Gasteiger partial charge in [-0.2, -0.15) is 9.61 Å². The van der Waals surface area contributed by atoms with Crippen LogP contribution in [0.4, 0.5) is 5.82 Å². The molecule has 108 valence electrons. The van der Waals surface area contributed by atoms with E-state index in [4.69, 9.17) is 4.98 Å². The van der Waals surface area contributed by atoms with Gasteiger partial charge in [-0.05, 0) is 24.7 Å². The van der Waals surface area contributed by atoms with Gasteiger partial charge in [0.1, 0.15) is 5.82 Å². The van der Waals surface area contributed by atoms with Crippen molar-refractivity contribution in [1.29, 1.82) is 0 Å². The zero-order chi connectivity index (χ0) is 14.4. The molecule has 0 aromatic carbocycles. The minimum Gasteiger partial charge on any atom is -0.357 e. The molecule has 0 N–H and O–H groups in total. The number of carbonyl (C=O) groups is 1. The van der Waals surface area contributed by atoms with Crippen LogP contribution < -0.4 is 4.90 Å². The second-order valence-electron chi connectivity index (χ2n) is 5.57. The summed E-state index contributed by atoms with van der Waals surface area (Å²) in [5.41, 5.74) is 2.25. The van der Waals surface area contributed by atoms with Crippen LogP contribution in [0.1, 0.15) is 40.6 Å². The van der Waals surface area contributed by atoms with E-state index in [0.29, 0.717) is 22.5 Å². The Morgan fingerprint density at radius 1 is 1.48 bits per heavy atom. The van der Waals surface area contributed by atoms with Gasteiger partial charge in [-0.3, -0.25) is 4.79 Å². The average molecular weight is 300 g/mol. The van der Waals surface area contributed by atoms with Crippen molar-refractivity contribution in [2.45, 2.75) is 30.6 Å². The molecule has 0 radical (unpaired) electrons. The molecule has 2 aliphatic rings. The molecule has 0 spiro atoms. The van der Waals surface area contributed by atoms with Gasteiger partial charge in [-0.15, -0.1) is 11.8 Å². The van der Waals surface area contributed by atoms with Crippen molar-refractivity contribution < 1.29 is 4.79 Å². The van der Waals surface area contributed by atoms with E-state index < -0.39 is 0 Å². The van der Waals surface area contributed by atoms with Gasteiger partial charge in [0, 0.05) is 19.2 Å². The van der Waals surface area contributed by atoms with Crippen molar-refractivity contribution in [2.24, 2.45) is 0 Å². The summed E-state index contributed by atoms with van der Waals surface area (Å²) in [6, 6.07) is 2.71. The number of hydrogen-bond acceptors (Lipinski definition) is 5. The van der Waals surface area contributed by atoms with Crippen LogP contribution in [0.2, 0.25) is 0 Å². The van der Waals surface area contributed by atoms with E-state index in [1.54, 1.807) is 22.5 Å². The van der Waals surface area contributed by atoms with Crippen LogP contribution in [0.25, 0.3) is 5.65 Å². The molecule has 1 atom stereocenters. The minimum absolute atomic E-state index is 0.343. The Morgan fingerprint density at radius 2 is 2.33 bits per heavy atom. The number of thioether (sulfide) groups is 1. The van der Waals surface area contributed by atoms with Crippen LogP contribution in [0.5, 0.6) is 0 Å². The van der Waals surface area contributed by atoms with E-state index in [0.717, 1.165) is 24.2 Å². The molecule has 3 heterocycles. The quantitative estimate of drug-likeness (QED) is 0.813. The lowest BCUT2D eigenvalue weighted by atomic mass is 10.2. The maximum absolute atomic E-state index is 11.2. The van der Waals surface area contributed by atoms with Crippen molar-refractivity contribution in [3.63, 3.8) is 0 Å². The van der Waals surface area contributed by atoms with Crippen LogP contribution >= 0.6 is 11.8 Å². The lowest BCUT2D eigenvalue weighted by molar-refractivity contribution is 0.112. The standard InChI is InChI=1S/C15H16N4OS/c1-18(11-4-5-11)14-7-12(13-3-2-6-21-13)17-15-10(9-20)8-16-19(14)15/h2,6-9,11,13H,3-5H2,1H3. The summed E-state index contributed by atoms with van der Waals surface area (Å²) in [6.45, 7) is 0. The third-order valence-corrected chi connectivity index (χ3v) is 5.21. The zero-order valence-electron chi connectivity index (χ0n) is 11.8. The Hall–Kier alpha value is -1.82. The molecule has 5 nitrogen and oxygen atoms in total. The van der Waals surface area contributed by atoms with E-state index in [9.17, 15) is 4.79 Å². The van der Waals surface area contributed by atoms with E-state index in [2.05, 4.69) is 34.6 Å². The van der Waals surface area contributed by atoms with Crippen molar-refractivity contribution in [3.8, 4) is 0 Å². The smallest absolute Gasteiger partial charge is 0.168 e. The highest BCUT2D eigenvalue weighted by molar-refractivity contribution is 8.02. The van der Waals surface area contributed by atoms with Crippen LogP contribution in [-0.2, 0) is 0 Å². The molecule has 21 heavy (non-hydrogen) atoms. The Balaban J connectivity index is 1.88. The van der Waals surface area contributed by atoms with Crippen molar-refractivity contribution >= 4 is 29.5 Å². The lowest BCUT2D eigenvalue weighted by Gasteiger charge is -2.21. The molecule has 0 bridgehead atoms. The highest BCUT2D eigenvalue weighted by Crippen LogP contribution is 2.39. The number of carbonyl (C=O) groups excluding carboxylic acids is 1. The highest BCUT2D eigenvalue weighted by Gasteiger charge is 2.29. The number of hydrogen-bond donors (Lipinski definition) is 0. The molecule has 1 aliphatic carbocycles. The summed E-state index contributed by atoms with van der Waals surface area (Å²) >= 11 is 1.78. The van der Waals surface area contributed by atoms with Crippen LogP contribution in [-0.4, -0.2) is 34.0 Å². The molecule has 1 fully saturated rings. The van der Waals surface area contributed by atoms with Gasteiger partial charge in [-0.1, -0.05) is 6.08 Å². The molecule has 1 aliphatic heterocycles. The Labute approximate surface area is 127 Å². The predicted octanol–water partition coefficient (Wildman–Crippen LogP) is 2.83. The molecular weight excluding hydrogens is 284 g/mol. The number of aldehydes is 1. The summed E-state index contributed by atoms with van der Waals surface area (Å²) in [4.78, 5) is 18.2. The molecule has 2 aromatic rings. The number of anilines is 1. The lowest BCUT2D eigenvalue weighted by Crippen LogP contribution is -2.23. The Morgan fingerprint density at radius 3 is 3.00 bits per heavy atom. The van der Waals surface area contributed by atoms with E-state index >= 15 is 0 Å². The van der Waals surface area contributed by atoms with E-state index in [1.807, 2.05) is 0 Å². The number of allylic oxidation sites excluding steroid dienone is 1. The van der Waals surface area contributed by atoms with Gasteiger partial charge in [0.05, 0.1) is 22.7 Å². The molecule has 2 aromatic heterocycles. The van der Waals surface area contributed by atoms with Gasteiger partial charge in [0.15, 0.2) is 11.9 Å². The molecule has 4 rings (SSSR count). The monoisotopic (exact) mass is 300 g/mol. The first kappa shape index (κ1) is 12.9. The summed E-state index contributed by atoms with van der Waals surface area (Å²) in [5, 5.41) is 6.81. The van der Waals surface area contributed by atoms with E-state index in [-0.39, 0.29) is 0 Å². The molecular formula is C15H16N4OS. The third-order valence-electron chi connectivity index (χ3n) is 4.10. The largest absolute Gasteiger partial charge is 0.357 e. The summed E-state index contributed by atoms with van der Waals surface area (Å²) in [6.07, 6.45) is 8.03. The van der Waals surface area contributed by atoms with Gasteiger partial charge in [0.2, 0.25) is 0 Å². The fourth-order valence-corrected chi connectivity index (χ4v) is 3.60. The topological polar surface area (TPSA) is 50.5 Å². The zero-order valence-corrected chi connectivity index (χ0v) is 12.6. The number of nitrogens with zero attached hydrogens (tertiary/aromatic N) is 4. The summed E-state index contributed by atoms with van der Waals surface area (Å²) in [7, 11) is 2.10. The van der Waals surface area contributed by atoms with Crippen LogP contribution in [0.3, 0.4) is 0 Å². The fourth-order valence-electron chi connectivity index (χ4n) is 2.71. The molecule has 0 saturated heterocycles. The second kappa shape index (κ2) is 4.87. The Kier molecular flexibility index (Phi) is 2.99.